The molecule has 0 fully saturated rings. The van der Waals surface area contributed by atoms with Crippen LogP contribution in [0.25, 0.3) is 0 Å². The third kappa shape index (κ3) is 5.06. The number of hydrogen-bond acceptors (Lipinski definition) is 3. The molecular weight excluding hydrogens is 282 g/mol. The van der Waals surface area contributed by atoms with E-state index in [-0.39, 0.29) is 6.61 Å². The molecule has 0 amide bonds. The van der Waals surface area contributed by atoms with Gasteiger partial charge < -0.3 is 15.2 Å². The van der Waals surface area contributed by atoms with Crippen molar-refractivity contribution >= 4 is 15.9 Å². The van der Waals surface area contributed by atoms with E-state index in [1.165, 1.54) is 0 Å². The van der Waals surface area contributed by atoms with Crippen molar-refractivity contribution in [3.63, 3.8) is 0 Å². The highest BCUT2D eigenvalue weighted by Gasteiger charge is 2.16. The largest absolute Gasteiger partial charge is 0.489 e. The predicted octanol–water partition coefficient (Wildman–Crippen LogP) is 2.71. The lowest BCUT2D eigenvalue weighted by atomic mass is 10.1. The van der Waals surface area contributed by atoms with Gasteiger partial charge in [-0.15, -0.1) is 0 Å². The Hall–Kier alpha value is -0.580. The summed E-state index contributed by atoms with van der Waals surface area (Å²) in [6.45, 7) is 7.47. The molecule has 0 heterocycles. The molecule has 0 aliphatic rings. The summed E-state index contributed by atoms with van der Waals surface area (Å²) in [5.41, 5.74) is 0.260. The predicted molar refractivity (Wildman–Crippen MR) is 73.3 cm³/mol. The lowest BCUT2D eigenvalue weighted by Gasteiger charge is -2.20. The summed E-state index contributed by atoms with van der Waals surface area (Å²) in [6.07, 6.45) is 0. The van der Waals surface area contributed by atoms with E-state index in [0.29, 0.717) is 0 Å². The minimum absolute atomic E-state index is 0.273. The molecule has 0 aliphatic carbocycles. The van der Waals surface area contributed by atoms with E-state index in [1.807, 2.05) is 18.2 Å². The molecule has 3 nitrogen and oxygen atoms in total. The third-order valence-corrected chi connectivity index (χ3v) is 2.81. The molecule has 2 N–H and O–H groups in total. The van der Waals surface area contributed by atoms with Crippen molar-refractivity contribution < 1.29 is 9.84 Å². The zero-order valence-electron chi connectivity index (χ0n) is 10.6. The molecule has 1 aromatic rings. The van der Waals surface area contributed by atoms with E-state index in [4.69, 9.17) is 4.74 Å². The zero-order valence-corrected chi connectivity index (χ0v) is 12.2. The van der Waals surface area contributed by atoms with Gasteiger partial charge >= 0.3 is 0 Å². The Morgan fingerprint density at radius 1 is 1.41 bits per heavy atom. The van der Waals surface area contributed by atoms with E-state index in [0.717, 1.165) is 28.9 Å². The first kappa shape index (κ1) is 14.5. The van der Waals surface area contributed by atoms with Crippen molar-refractivity contribution in [1.82, 2.24) is 5.32 Å². The number of rotatable bonds is 6. The van der Waals surface area contributed by atoms with Crippen LogP contribution in [-0.2, 0) is 6.54 Å². The molecule has 0 unspecified atom stereocenters. The highest BCUT2D eigenvalue weighted by atomic mass is 79.9. The van der Waals surface area contributed by atoms with Crippen LogP contribution in [-0.4, -0.2) is 23.9 Å². The summed E-state index contributed by atoms with van der Waals surface area (Å²) < 4.78 is 6.61. The Bertz CT molecular complexity index is 361. The quantitative estimate of drug-likeness (QED) is 0.849. The lowest BCUT2D eigenvalue weighted by Crippen LogP contribution is -2.28. The number of para-hydroxylation sites is 1. The van der Waals surface area contributed by atoms with E-state index in [9.17, 15) is 5.11 Å². The van der Waals surface area contributed by atoms with Crippen LogP contribution in [0.4, 0.5) is 0 Å². The van der Waals surface area contributed by atoms with Gasteiger partial charge in [-0.2, -0.15) is 0 Å². The average molecular weight is 302 g/mol. The number of aliphatic hydroxyl groups is 1. The first-order chi connectivity index (χ1) is 7.94. The minimum Gasteiger partial charge on any atom is -0.489 e. The first-order valence-electron chi connectivity index (χ1n) is 5.77. The molecular formula is C13H20BrNO2. The van der Waals surface area contributed by atoms with Crippen LogP contribution in [0.3, 0.4) is 0 Å². The van der Waals surface area contributed by atoms with Crippen molar-refractivity contribution in [2.24, 2.45) is 0 Å². The maximum absolute atomic E-state index is 9.68. The van der Waals surface area contributed by atoms with E-state index in [1.54, 1.807) is 13.8 Å². The summed E-state index contributed by atoms with van der Waals surface area (Å²) in [7, 11) is 0. The maximum Gasteiger partial charge on any atom is 0.138 e. The maximum atomic E-state index is 9.68. The fourth-order valence-corrected chi connectivity index (χ4v) is 1.88. The fraction of sp³-hybridized carbons (Fsp3) is 0.538. The molecule has 4 heteroatoms. The van der Waals surface area contributed by atoms with Gasteiger partial charge in [-0.05, 0) is 42.4 Å². The Morgan fingerprint density at radius 3 is 2.71 bits per heavy atom. The van der Waals surface area contributed by atoms with Crippen molar-refractivity contribution in [2.75, 3.05) is 13.2 Å². The molecule has 0 spiro atoms. The summed E-state index contributed by atoms with van der Waals surface area (Å²) in [4.78, 5) is 0. The highest BCUT2D eigenvalue weighted by molar-refractivity contribution is 9.10. The summed E-state index contributed by atoms with van der Waals surface area (Å²) in [5.74, 6) is 0.801. The smallest absolute Gasteiger partial charge is 0.138 e. The van der Waals surface area contributed by atoms with Crippen LogP contribution >= 0.6 is 15.9 Å². The third-order valence-electron chi connectivity index (χ3n) is 2.18. The van der Waals surface area contributed by atoms with Crippen molar-refractivity contribution in [1.29, 1.82) is 0 Å². The molecule has 0 aromatic heterocycles. The summed E-state index contributed by atoms with van der Waals surface area (Å²) in [6, 6.07) is 5.94. The van der Waals surface area contributed by atoms with Crippen LogP contribution in [0, 0.1) is 0 Å². The number of ether oxygens (including phenoxy) is 1. The molecule has 96 valence electrons. The van der Waals surface area contributed by atoms with Gasteiger partial charge in [0.2, 0.25) is 0 Å². The van der Waals surface area contributed by atoms with E-state index in [2.05, 4.69) is 28.2 Å². The number of nitrogens with one attached hydrogen (secondary N) is 1. The second kappa shape index (κ2) is 6.38. The molecule has 17 heavy (non-hydrogen) atoms. The van der Waals surface area contributed by atoms with Crippen molar-refractivity contribution in [2.45, 2.75) is 32.9 Å². The van der Waals surface area contributed by atoms with E-state index < -0.39 is 5.60 Å². The Kier molecular flexibility index (Phi) is 5.43. The summed E-state index contributed by atoms with van der Waals surface area (Å²) >= 11 is 3.47. The highest BCUT2D eigenvalue weighted by Crippen LogP contribution is 2.29. The monoisotopic (exact) mass is 301 g/mol. The van der Waals surface area contributed by atoms with Gasteiger partial charge in [0.05, 0.1) is 10.1 Å². The van der Waals surface area contributed by atoms with Gasteiger partial charge in [-0.1, -0.05) is 19.1 Å². The lowest BCUT2D eigenvalue weighted by molar-refractivity contribution is 0.0278. The van der Waals surface area contributed by atoms with Crippen molar-refractivity contribution in [3.05, 3.63) is 28.2 Å². The standard InChI is InChI=1S/C13H20BrNO2/c1-4-15-8-10-6-5-7-11(14)12(10)17-9-13(2,3)16/h5-7,15-16H,4,8-9H2,1-3H3. The van der Waals surface area contributed by atoms with Gasteiger partial charge in [0.25, 0.3) is 0 Å². The van der Waals surface area contributed by atoms with Gasteiger partial charge in [0.1, 0.15) is 12.4 Å². The molecule has 0 atom stereocenters. The van der Waals surface area contributed by atoms with Gasteiger partial charge in [-0.3, -0.25) is 0 Å². The second-order valence-corrected chi connectivity index (χ2v) is 5.46. The molecule has 0 radical (unpaired) electrons. The molecule has 1 aromatic carbocycles. The van der Waals surface area contributed by atoms with Gasteiger partial charge in [0, 0.05) is 12.1 Å². The summed E-state index contributed by atoms with van der Waals surface area (Å²) in [5, 5.41) is 12.9. The SMILES string of the molecule is CCNCc1cccc(Br)c1OCC(C)(C)O. The molecule has 0 saturated heterocycles. The fourth-order valence-electron chi connectivity index (χ4n) is 1.36. The number of benzene rings is 1. The molecule has 0 bridgehead atoms. The van der Waals surface area contributed by atoms with Crippen LogP contribution in [0.5, 0.6) is 5.75 Å². The van der Waals surface area contributed by atoms with Crippen LogP contribution in [0.1, 0.15) is 26.3 Å². The van der Waals surface area contributed by atoms with Crippen molar-refractivity contribution in [3.8, 4) is 5.75 Å². The second-order valence-electron chi connectivity index (χ2n) is 4.61. The molecule has 1 rings (SSSR count). The first-order valence-corrected chi connectivity index (χ1v) is 6.56. The topological polar surface area (TPSA) is 41.5 Å². The van der Waals surface area contributed by atoms with Crippen LogP contribution in [0.15, 0.2) is 22.7 Å². The van der Waals surface area contributed by atoms with Crippen LogP contribution < -0.4 is 10.1 Å². The molecule has 0 aliphatic heterocycles. The average Bonchev–Trinajstić information content (AvgIpc) is 2.23. The normalized spacial score (nSPS) is 11.6. The molecule has 0 saturated carbocycles. The Labute approximate surface area is 111 Å². The number of halogens is 1. The van der Waals surface area contributed by atoms with Gasteiger partial charge in [0.15, 0.2) is 0 Å². The van der Waals surface area contributed by atoms with Gasteiger partial charge in [-0.25, -0.2) is 0 Å². The Morgan fingerprint density at radius 2 is 2.12 bits per heavy atom. The van der Waals surface area contributed by atoms with Crippen LogP contribution in [0.2, 0.25) is 0 Å². The minimum atomic E-state index is -0.829. The zero-order chi connectivity index (χ0) is 12.9. The Balaban J connectivity index is 2.80. The number of hydrogen-bond donors (Lipinski definition) is 2. The van der Waals surface area contributed by atoms with E-state index >= 15 is 0 Å².